The Morgan fingerprint density at radius 3 is 2.50 bits per heavy atom. The third kappa shape index (κ3) is 6.09. The number of hydrogen-bond donors (Lipinski definition) is 1. The Morgan fingerprint density at radius 1 is 1.30 bits per heavy atom. The molecule has 0 heterocycles. The van der Waals surface area contributed by atoms with Gasteiger partial charge in [0.25, 0.3) is 0 Å². The van der Waals surface area contributed by atoms with E-state index in [9.17, 15) is 0 Å². The first-order valence-corrected chi connectivity index (χ1v) is 4.62. The van der Waals surface area contributed by atoms with Gasteiger partial charge in [-0.05, 0) is 13.3 Å². The molecule has 0 spiro atoms. The van der Waals surface area contributed by atoms with Crippen molar-refractivity contribution in [3.05, 3.63) is 0 Å². The van der Waals surface area contributed by atoms with E-state index in [2.05, 4.69) is 26.1 Å². The molecule has 0 unspecified atom stereocenters. The highest BCUT2D eigenvalue weighted by atomic mass is 14.8. The van der Waals surface area contributed by atoms with Crippen molar-refractivity contribution in [2.24, 2.45) is 5.92 Å². The maximum atomic E-state index is 2.39. The lowest BCUT2D eigenvalue weighted by molar-refractivity contribution is -0.657. The molecule has 2 N–H and O–H groups in total. The summed E-state index contributed by atoms with van der Waals surface area (Å²) in [5.74, 6) is 0.917. The van der Waals surface area contributed by atoms with Crippen LogP contribution in [-0.2, 0) is 0 Å². The number of quaternary nitrogens is 1. The highest BCUT2D eigenvalue weighted by Gasteiger charge is 2.00. The second-order valence-electron chi connectivity index (χ2n) is 3.18. The predicted molar refractivity (Wildman–Crippen MR) is 46.0 cm³/mol. The van der Waals surface area contributed by atoms with Crippen LogP contribution in [0.25, 0.3) is 0 Å². The van der Waals surface area contributed by atoms with Gasteiger partial charge in [-0.2, -0.15) is 0 Å². The van der Waals surface area contributed by atoms with Gasteiger partial charge in [0.05, 0.1) is 13.1 Å². The van der Waals surface area contributed by atoms with Gasteiger partial charge < -0.3 is 5.32 Å². The standard InChI is InChI=1S/C9H21N/c1-4-6-7-9(3)8-10-5-2/h9-10H,4-8H2,1-3H3/p+1/t9-/m0/s1. The maximum absolute atomic E-state index is 2.39. The molecule has 1 nitrogen and oxygen atoms in total. The second kappa shape index (κ2) is 7.07. The summed E-state index contributed by atoms with van der Waals surface area (Å²) in [6.07, 6.45) is 4.15. The molecule has 0 fully saturated rings. The highest BCUT2D eigenvalue weighted by molar-refractivity contribution is 4.48. The Balaban J connectivity index is 3.00. The molecule has 0 aliphatic carbocycles. The van der Waals surface area contributed by atoms with E-state index < -0.39 is 0 Å². The van der Waals surface area contributed by atoms with Crippen LogP contribution >= 0.6 is 0 Å². The van der Waals surface area contributed by atoms with Crippen molar-refractivity contribution < 1.29 is 5.32 Å². The van der Waals surface area contributed by atoms with Crippen molar-refractivity contribution in [1.29, 1.82) is 0 Å². The molecule has 0 aromatic heterocycles. The van der Waals surface area contributed by atoms with E-state index in [0.29, 0.717) is 0 Å². The normalized spacial score (nSPS) is 13.5. The number of rotatable bonds is 6. The average molecular weight is 144 g/mol. The Hall–Kier alpha value is -0.0400. The van der Waals surface area contributed by atoms with Gasteiger partial charge in [-0.3, -0.25) is 0 Å². The van der Waals surface area contributed by atoms with Crippen LogP contribution in [0.2, 0.25) is 0 Å². The van der Waals surface area contributed by atoms with Crippen molar-refractivity contribution in [2.45, 2.75) is 40.0 Å². The summed E-state index contributed by atoms with van der Waals surface area (Å²) in [5, 5.41) is 2.39. The predicted octanol–water partition coefficient (Wildman–Crippen LogP) is 1.40. The monoisotopic (exact) mass is 144 g/mol. The lowest BCUT2D eigenvalue weighted by atomic mass is 10.0. The molecule has 1 heteroatoms. The second-order valence-corrected chi connectivity index (χ2v) is 3.18. The van der Waals surface area contributed by atoms with Crippen LogP contribution in [0.4, 0.5) is 0 Å². The number of nitrogens with two attached hydrogens (primary N) is 1. The van der Waals surface area contributed by atoms with Crippen molar-refractivity contribution in [3.8, 4) is 0 Å². The lowest BCUT2D eigenvalue weighted by Crippen LogP contribution is -2.84. The smallest absolute Gasteiger partial charge is 0.0781 e. The van der Waals surface area contributed by atoms with Crippen molar-refractivity contribution >= 4 is 0 Å². The summed E-state index contributed by atoms with van der Waals surface area (Å²) in [6, 6.07) is 0. The lowest BCUT2D eigenvalue weighted by Gasteiger charge is -2.07. The average Bonchev–Trinajstić information content (AvgIpc) is 1.97. The fourth-order valence-corrected chi connectivity index (χ4v) is 1.12. The fraction of sp³-hybridized carbons (Fsp3) is 1.00. The first-order chi connectivity index (χ1) is 4.81. The first kappa shape index (κ1) is 9.96. The van der Waals surface area contributed by atoms with Crippen molar-refractivity contribution in [1.82, 2.24) is 0 Å². The van der Waals surface area contributed by atoms with Crippen molar-refractivity contribution in [3.63, 3.8) is 0 Å². The Bertz CT molecular complexity index is 53.7. The summed E-state index contributed by atoms with van der Waals surface area (Å²) in [5.41, 5.74) is 0. The van der Waals surface area contributed by atoms with E-state index in [1.165, 1.54) is 32.4 Å². The van der Waals surface area contributed by atoms with Gasteiger partial charge in [-0.15, -0.1) is 0 Å². The first-order valence-electron chi connectivity index (χ1n) is 4.62. The molecule has 0 saturated heterocycles. The number of hydrogen-bond acceptors (Lipinski definition) is 0. The van der Waals surface area contributed by atoms with E-state index in [1.54, 1.807) is 0 Å². The molecule has 0 radical (unpaired) electrons. The summed E-state index contributed by atoms with van der Waals surface area (Å²) >= 11 is 0. The van der Waals surface area contributed by atoms with Crippen LogP contribution in [0, 0.1) is 5.92 Å². The van der Waals surface area contributed by atoms with Gasteiger partial charge in [-0.1, -0.05) is 26.7 Å². The minimum Gasteiger partial charge on any atom is -0.346 e. The van der Waals surface area contributed by atoms with Crippen LogP contribution in [0.5, 0.6) is 0 Å². The maximum Gasteiger partial charge on any atom is 0.0781 e. The molecule has 0 aliphatic heterocycles. The van der Waals surface area contributed by atoms with E-state index in [4.69, 9.17) is 0 Å². The van der Waals surface area contributed by atoms with Crippen LogP contribution in [0.3, 0.4) is 0 Å². The Labute approximate surface area is 65.2 Å². The minimum atomic E-state index is 0.917. The molecule has 0 rings (SSSR count). The molecule has 62 valence electrons. The van der Waals surface area contributed by atoms with E-state index in [1.807, 2.05) is 0 Å². The molecule has 0 saturated carbocycles. The quantitative estimate of drug-likeness (QED) is 0.580. The fourth-order valence-electron chi connectivity index (χ4n) is 1.12. The molecular formula is C9H22N+. The third-order valence-corrected chi connectivity index (χ3v) is 1.91. The summed E-state index contributed by atoms with van der Waals surface area (Å²) < 4.78 is 0. The summed E-state index contributed by atoms with van der Waals surface area (Å²) in [6.45, 7) is 9.37. The molecule has 1 atom stereocenters. The van der Waals surface area contributed by atoms with E-state index in [-0.39, 0.29) is 0 Å². The zero-order valence-corrected chi connectivity index (χ0v) is 7.69. The molecule has 0 aliphatic rings. The molecule has 0 aromatic carbocycles. The van der Waals surface area contributed by atoms with E-state index in [0.717, 1.165) is 5.92 Å². The summed E-state index contributed by atoms with van der Waals surface area (Å²) in [4.78, 5) is 0. The van der Waals surface area contributed by atoms with Gasteiger partial charge in [0, 0.05) is 5.92 Å². The van der Waals surface area contributed by atoms with Crippen LogP contribution in [-0.4, -0.2) is 13.1 Å². The Kier molecular flexibility index (Phi) is 7.04. The minimum absolute atomic E-state index is 0.917. The zero-order valence-electron chi connectivity index (χ0n) is 7.69. The van der Waals surface area contributed by atoms with Crippen LogP contribution in [0.15, 0.2) is 0 Å². The van der Waals surface area contributed by atoms with Crippen LogP contribution in [0.1, 0.15) is 40.0 Å². The molecule has 10 heavy (non-hydrogen) atoms. The van der Waals surface area contributed by atoms with Gasteiger partial charge >= 0.3 is 0 Å². The van der Waals surface area contributed by atoms with Gasteiger partial charge in [0.1, 0.15) is 0 Å². The van der Waals surface area contributed by atoms with Gasteiger partial charge in [0.15, 0.2) is 0 Å². The third-order valence-electron chi connectivity index (χ3n) is 1.91. The molecule has 0 aromatic rings. The molecule has 0 bridgehead atoms. The SMILES string of the molecule is CCCC[C@H](C)C[NH2+]CC. The Morgan fingerprint density at radius 2 is 2.00 bits per heavy atom. The number of unbranched alkanes of at least 4 members (excludes halogenated alkanes) is 1. The van der Waals surface area contributed by atoms with Crippen LogP contribution < -0.4 is 5.32 Å². The van der Waals surface area contributed by atoms with Crippen molar-refractivity contribution in [2.75, 3.05) is 13.1 Å². The van der Waals surface area contributed by atoms with E-state index >= 15 is 0 Å². The van der Waals surface area contributed by atoms with Gasteiger partial charge in [0.2, 0.25) is 0 Å². The topological polar surface area (TPSA) is 16.6 Å². The molecule has 0 amide bonds. The molecular weight excluding hydrogens is 122 g/mol. The van der Waals surface area contributed by atoms with Gasteiger partial charge in [-0.25, -0.2) is 0 Å². The zero-order chi connectivity index (χ0) is 7.82. The largest absolute Gasteiger partial charge is 0.346 e. The summed E-state index contributed by atoms with van der Waals surface area (Å²) in [7, 11) is 0. The highest BCUT2D eigenvalue weighted by Crippen LogP contribution is 2.03.